The standard InChI is InChI=1S/C27H23N3O4S2/c1-17-6-9-20(10-7-17)30-26(32)22(12-18-8-11-23-24(13-18)34-16-33-23)29-27(30)36-15-25(31)28-19-4-3-5-21(14-19)35-2/h3-14H,15-16H2,1-2H3,(H,28,31)/b22-12-. The van der Waals surface area contributed by atoms with Gasteiger partial charge in [-0.1, -0.05) is 41.6 Å². The van der Waals surface area contributed by atoms with E-state index in [9.17, 15) is 9.59 Å². The molecule has 9 heteroatoms. The highest BCUT2D eigenvalue weighted by molar-refractivity contribution is 8.14. The number of carbonyl (C=O) groups is 2. The first-order chi connectivity index (χ1) is 17.5. The summed E-state index contributed by atoms with van der Waals surface area (Å²) in [5, 5.41) is 3.36. The van der Waals surface area contributed by atoms with Crippen molar-refractivity contribution < 1.29 is 19.1 Å². The smallest absolute Gasteiger partial charge is 0.283 e. The fraction of sp³-hybridized carbons (Fsp3) is 0.148. The molecule has 0 fully saturated rings. The van der Waals surface area contributed by atoms with E-state index in [0.717, 1.165) is 21.7 Å². The summed E-state index contributed by atoms with van der Waals surface area (Å²) in [6, 6.07) is 20.8. The summed E-state index contributed by atoms with van der Waals surface area (Å²) in [5.41, 5.74) is 3.56. The van der Waals surface area contributed by atoms with Crippen molar-refractivity contribution in [3.8, 4) is 11.5 Å². The number of rotatable bonds is 6. The van der Waals surface area contributed by atoms with Gasteiger partial charge in [-0.3, -0.25) is 14.5 Å². The first-order valence-electron chi connectivity index (χ1n) is 11.2. The molecule has 5 rings (SSSR count). The Morgan fingerprint density at radius 3 is 2.69 bits per heavy atom. The third kappa shape index (κ3) is 5.27. The van der Waals surface area contributed by atoms with Crippen LogP contribution in [0.15, 0.2) is 82.3 Å². The molecule has 0 saturated heterocycles. The fourth-order valence-electron chi connectivity index (χ4n) is 3.70. The normalized spacial score (nSPS) is 15.4. The minimum atomic E-state index is -0.257. The second kappa shape index (κ2) is 10.5. The molecule has 0 aromatic heterocycles. The van der Waals surface area contributed by atoms with E-state index in [0.29, 0.717) is 22.4 Å². The number of hydrogen-bond acceptors (Lipinski definition) is 7. The summed E-state index contributed by atoms with van der Waals surface area (Å²) in [5.74, 6) is 0.975. The van der Waals surface area contributed by atoms with Gasteiger partial charge < -0.3 is 14.8 Å². The largest absolute Gasteiger partial charge is 0.454 e. The minimum absolute atomic E-state index is 0.106. The summed E-state index contributed by atoms with van der Waals surface area (Å²) in [7, 11) is 0. The number of anilines is 2. The average Bonchev–Trinajstić information content (AvgIpc) is 3.47. The van der Waals surface area contributed by atoms with Gasteiger partial charge in [0.25, 0.3) is 5.91 Å². The Balaban J connectivity index is 1.38. The number of thioether (sulfide) groups is 2. The molecule has 0 bridgehead atoms. The van der Waals surface area contributed by atoms with Crippen molar-refractivity contribution in [2.75, 3.05) is 29.0 Å². The van der Waals surface area contributed by atoms with Crippen molar-refractivity contribution >= 4 is 58.0 Å². The highest BCUT2D eigenvalue weighted by Gasteiger charge is 2.32. The van der Waals surface area contributed by atoms with Gasteiger partial charge in [0, 0.05) is 10.6 Å². The van der Waals surface area contributed by atoms with Crippen LogP contribution in [-0.2, 0) is 9.59 Å². The Labute approximate surface area is 217 Å². The predicted octanol–water partition coefficient (Wildman–Crippen LogP) is 5.56. The summed E-state index contributed by atoms with van der Waals surface area (Å²) in [4.78, 5) is 33.3. The van der Waals surface area contributed by atoms with Gasteiger partial charge in [0.15, 0.2) is 16.7 Å². The lowest BCUT2D eigenvalue weighted by molar-refractivity contribution is -0.114. The second-order valence-electron chi connectivity index (χ2n) is 8.08. The Kier molecular flexibility index (Phi) is 7.02. The van der Waals surface area contributed by atoms with Gasteiger partial charge in [-0.2, -0.15) is 0 Å². The number of carbonyl (C=O) groups excluding carboxylic acids is 2. The van der Waals surface area contributed by atoms with E-state index in [2.05, 4.69) is 10.3 Å². The van der Waals surface area contributed by atoms with Crippen LogP contribution in [0.25, 0.3) is 6.08 Å². The zero-order valence-corrected chi connectivity index (χ0v) is 21.3. The minimum Gasteiger partial charge on any atom is -0.454 e. The van der Waals surface area contributed by atoms with E-state index in [4.69, 9.17) is 9.47 Å². The lowest BCUT2D eigenvalue weighted by atomic mass is 10.1. The third-order valence-electron chi connectivity index (χ3n) is 5.51. The van der Waals surface area contributed by atoms with Crippen molar-refractivity contribution in [3.05, 3.63) is 83.6 Å². The van der Waals surface area contributed by atoms with Gasteiger partial charge in [0.1, 0.15) is 5.70 Å². The third-order valence-corrected chi connectivity index (χ3v) is 7.17. The number of amidine groups is 1. The first-order valence-corrected chi connectivity index (χ1v) is 13.4. The molecule has 36 heavy (non-hydrogen) atoms. The van der Waals surface area contributed by atoms with Crippen LogP contribution in [0.1, 0.15) is 11.1 Å². The monoisotopic (exact) mass is 517 g/mol. The van der Waals surface area contributed by atoms with Gasteiger partial charge in [-0.15, -0.1) is 11.8 Å². The molecule has 3 aromatic rings. The topological polar surface area (TPSA) is 80.2 Å². The molecule has 182 valence electrons. The van der Waals surface area contributed by atoms with Gasteiger partial charge in [-0.05, 0) is 67.3 Å². The average molecular weight is 518 g/mol. The van der Waals surface area contributed by atoms with Crippen LogP contribution in [0.2, 0.25) is 0 Å². The highest BCUT2D eigenvalue weighted by Crippen LogP contribution is 2.34. The maximum atomic E-state index is 13.4. The number of nitrogens with zero attached hydrogens (tertiary/aromatic N) is 2. The van der Waals surface area contributed by atoms with E-state index in [-0.39, 0.29) is 30.1 Å². The fourth-order valence-corrected chi connectivity index (χ4v) is 4.98. The van der Waals surface area contributed by atoms with E-state index < -0.39 is 0 Å². The van der Waals surface area contributed by atoms with Crippen LogP contribution in [0.3, 0.4) is 0 Å². The summed E-state index contributed by atoms with van der Waals surface area (Å²) in [6.07, 6.45) is 3.70. The number of aliphatic imine (C=N–C) groups is 1. The Morgan fingerprint density at radius 1 is 1.08 bits per heavy atom. The van der Waals surface area contributed by atoms with Crippen LogP contribution in [0.4, 0.5) is 11.4 Å². The maximum Gasteiger partial charge on any atom is 0.283 e. The molecule has 2 amide bonds. The maximum absolute atomic E-state index is 13.4. The van der Waals surface area contributed by atoms with Crippen LogP contribution >= 0.6 is 23.5 Å². The van der Waals surface area contributed by atoms with E-state index in [1.54, 1.807) is 22.7 Å². The van der Waals surface area contributed by atoms with Gasteiger partial charge in [0.05, 0.1) is 11.4 Å². The molecule has 1 N–H and O–H groups in total. The number of hydrogen-bond donors (Lipinski definition) is 1. The molecule has 0 saturated carbocycles. The second-order valence-corrected chi connectivity index (χ2v) is 9.90. The molecule has 0 aliphatic carbocycles. The van der Waals surface area contributed by atoms with Gasteiger partial charge >= 0.3 is 0 Å². The molecular formula is C27H23N3O4S2. The molecule has 0 radical (unpaired) electrons. The molecule has 2 heterocycles. The van der Waals surface area contributed by atoms with Crippen LogP contribution in [0, 0.1) is 6.92 Å². The summed E-state index contributed by atoms with van der Waals surface area (Å²) >= 11 is 2.83. The van der Waals surface area contributed by atoms with Crippen LogP contribution in [-0.4, -0.2) is 35.8 Å². The van der Waals surface area contributed by atoms with Gasteiger partial charge in [0.2, 0.25) is 12.7 Å². The van der Waals surface area contributed by atoms with Crippen molar-refractivity contribution in [1.29, 1.82) is 0 Å². The highest BCUT2D eigenvalue weighted by atomic mass is 32.2. The predicted molar refractivity (Wildman–Crippen MR) is 146 cm³/mol. The Bertz CT molecular complexity index is 1390. The quantitative estimate of drug-likeness (QED) is 0.341. The lowest BCUT2D eigenvalue weighted by Crippen LogP contribution is -2.31. The van der Waals surface area contributed by atoms with E-state index in [1.165, 1.54) is 11.8 Å². The zero-order valence-electron chi connectivity index (χ0n) is 19.7. The van der Waals surface area contributed by atoms with E-state index in [1.807, 2.05) is 79.9 Å². The number of aryl methyl sites for hydroxylation is 1. The zero-order chi connectivity index (χ0) is 25.1. The number of nitrogens with one attached hydrogen (secondary N) is 1. The van der Waals surface area contributed by atoms with Crippen molar-refractivity contribution in [2.24, 2.45) is 4.99 Å². The molecule has 7 nitrogen and oxygen atoms in total. The number of fused-ring (bicyclic) bond motifs is 1. The summed E-state index contributed by atoms with van der Waals surface area (Å²) in [6.45, 7) is 2.17. The molecule has 0 unspecified atom stereocenters. The van der Waals surface area contributed by atoms with Crippen LogP contribution in [0.5, 0.6) is 11.5 Å². The number of benzene rings is 3. The first kappa shape index (κ1) is 24.0. The van der Waals surface area contributed by atoms with E-state index >= 15 is 0 Å². The molecular weight excluding hydrogens is 494 g/mol. The van der Waals surface area contributed by atoms with Crippen molar-refractivity contribution in [1.82, 2.24) is 0 Å². The number of ether oxygens (including phenoxy) is 2. The molecule has 0 atom stereocenters. The SMILES string of the molecule is CSc1cccc(NC(=O)CSC2=N/C(=C\c3ccc4c(c3)OCO4)C(=O)N2c2ccc(C)cc2)c1. The lowest BCUT2D eigenvalue weighted by Gasteiger charge is -2.18. The molecule has 0 spiro atoms. The van der Waals surface area contributed by atoms with Crippen molar-refractivity contribution in [2.45, 2.75) is 11.8 Å². The number of amides is 2. The van der Waals surface area contributed by atoms with Crippen molar-refractivity contribution in [3.63, 3.8) is 0 Å². The Morgan fingerprint density at radius 2 is 1.89 bits per heavy atom. The van der Waals surface area contributed by atoms with Crippen LogP contribution < -0.4 is 19.7 Å². The Hall–Kier alpha value is -3.69. The molecule has 3 aromatic carbocycles. The van der Waals surface area contributed by atoms with Gasteiger partial charge in [-0.25, -0.2) is 4.99 Å². The molecule has 2 aliphatic rings. The molecule has 2 aliphatic heterocycles. The summed E-state index contributed by atoms with van der Waals surface area (Å²) < 4.78 is 10.8.